The molecule has 0 aliphatic rings. The van der Waals surface area contributed by atoms with Gasteiger partial charge in [-0.15, -0.1) is 10.2 Å². The van der Waals surface area contributed by atoms with Crippen molar-refractivity contribution in [3.63, 3.8) is 0 Å². The molecule has 21 heavy (non-hydrogen) atoms. The number of carbonyl (C=O) groups excluding carboxylic acids is 1. The van der Waals surface area contributed by atoms with Crippen molar-refractivity contribution in [3.05, 3.63) is 34.9 Å². The highest BCUT2D eigenvalue weighted by atomic mass is 35.5. The first-order chi connectivity index (χ1) is 10.1. The second-order valence-corrected chi connectivity index (χ2v) is 7.23. The predicted molar refractivity (Wildman–Crippen MR) is 88.1 cm³/mol. The average molecular weight is 343 g/mol. The van der Waals surface area contributed by atoms with Crippen LogP contribution >= 0.6 is 34.7 Å². The Morgan fingerprint density at radius 3 is 2.71 bits per heavy atom. The summed E-state index contributed by atoms with van der Waals surface area (Å²) in [6.07, 6.45) is 0. The minimum Gasteiger partial charge on any atom is -0.363 e. The lowest BCUT2D eigenvalue weighted by atomic mass is 10.2. The van der Waals surface area contributed by atoms with E-state index in [0.717, 1.165) is 15.0 Å². The molecule has 1 unspecified atom stereocenters. The molecule has 2 N–H and O–H groups in total. The van der Waals surface area contributed by atoms with Crippen molar-refractivity contribution >= 4 is 45.7 Å². The van der Waals surface area contributed by atoms with Crippen LogP contribution in [-0.4, -0.2) is 28.4 Å². The van der Waals surface area contributed by atoms with Crippen LogP contribution in [0.25, 0.3) is 0 Å². The average Bonchev–Trinajstić information content (AvgIpc) is 2.94. The van der Waals surface area contributed by atoms with Gasteiger partial charge in [0.15, 0.2) is 4.34 Å². The van der Waals surface area contributed by atoms with E-state index in [2.05, 4.69) is 20.8 Å². The van der Waals surface area contributed by atoms with Crippen LogP contribution in [0.3, 0.4) is 0 Å². The first kappa shape index (κ1) is 16.1. The zero-order valence-corrected chi connectivity index (χ0v) is 14.0. The quantitative estimate of drug-likeness (QED) is 0.790. The predicted octanol–water partition coefficient (Wildman–Crippen LogP) is 3.03. The van der Waals surface area contributed by atoms with Gasteiger partial charge < -0.3 is 10.6 Å². The molecule has 5 nitrogen and oxygen atoms in total. The van der Waals surface area contributed by atoms with Gasteiger partial charge in [0.1, 0.15) is 0 Å². The van der Waals surface area contributed by atoms with E-state index in [1.54, 1.807) is 7.05 Å². The van der Waals surface area contributed by atoms with Crippen LogP contribution in [-0.2, 0) is 11.3 Å². The Morgan fingerprint density at radius 1 is 1.38 bits per heavy atom. The lowest BCUT2D eigenvalue weighted by Crippen LogP contribution is -2.30. The highest BCUT2D eigenvalue weighted by Gasteiger charge is 2.16. The number of aromatic nitrogens is 2. The maximum absolute atomic E-state index is 12.0. The van der Waals surface area contributed by atoms with Crippen molar-refractivity contribution in [2.24, 2.45) is 0 Å². The van der Waals surface area contributed by atoms with Crippen molar-refractivity contribution in [1.82, 2.24) is 15.5 Å². The first-order valence-electron chi connectivity index (χ1n) is 6.28. The van der Waals surface area contributed by atoms with E-state index in [0.29, 0.717) is 11.6 Å². The van der Waals surface area contributed by atoms with Gasteiger partial charge in [0.2, 0.25) is 11.0 Å². The number of benzene rings is 1. The fraction of sp³-hybridized carbons (Fsp3) is 0.308. The van der Waals surface area contributed by atoms with E-state index in [1.165, 1.54) is 23.1 Å². The van der Waals surface area contributed by atoms with E-state index in [9.17, 15) is 4.79 Å². The molecule has 1 amide bonds. The Balaban J connectivity index is 1.83. The molecule has 2 rings (SSSR count). The topological polar surface area (TPSA) is 66.9 Å². The molecule has 1 aromatic heterocycles. The summed E-state index contributed by atoms with van der Waals surface area (Å²) in [5.74, 6) is -0.0313. The van der Waals surface area contributed by atoms with E-state index in [1.807, 2.05) is 31.2 Å². The molecule has 1 atom stereocenters. The summed E-state index contributed by atoms with van der Waals surface area (Å²) in [5.41, 5.74) is 1.01. The van der Waals surface area contributed by atoms with Gasteiger partial charge in [-0.3, -0.25) is 4.79 Å². The fourth-order valence-electron chi connectivity index (χ4n) is 1.50. The fourth-order valence-corrected chi connectivity index (χ4v) is 3.50. The minimum absolute atomic E-state index is 0.0313. The number of nitrogens with one attached hydrogen (secondary N) is 2. The molecule has 112 valence electrons. The standard InChI is InChI=1S/C13H15ClN4OS2/c1-8(20-13-18-17-12(15-2)21-13)11(19)16-7-9-3-5-10(14)6-4-9/h3-6,8H,7H2,1-2H3,(H,15,17)(H,16,19). The second kappa shape index (κ2) is 7.63. The number of thioether (sulfide) groups is 1. The van der Waals surface area contributed by atoms with Crippen LogP contribution in [0.4, 0.5) is 5.13 Å². The van der Waals surface area contributed by atoms with Crippen LogP contribution in [0.2, 0.25) is 5.02 Å². The van der Waals surface area contributed by atoms with Gasteiger partial charge in [-0.05, 0) is 24.6 Å². The summed E-state index contributed by atoms with van der Waals surface area (Å²) in [4.78, 5) is 12.0. The largest absolute Gasteiger partial charge is 0.363 e. The highest BCUT2D eigenvalue weighted by molar-refractivity contribution is 8.02. The zero-order chi connectivity index (χ0) is 15.2. The number of carbonyl (C=O) groups is 1. The van der Waals surface area contributed by atoms with Crippen LogP contribution < -0.4 is 10.6 Å². The van der Waals surface area contributed by atoms with Crippen molar-refractivity contribution in [2.45, 2.75) is 23.1 Å². The number of nitrogens with zero attached hydrogens (tertiary/aromatic N) is 2. The third kappa shape index (κ3) is 4.87. The molecule has 8 heteroatoms. The second-order valence-electron chi connectivity index (χ2n) is 4.23. The summed E-state index contributed by atoms with van der Waals surface area (Å²) >= 11 is 8.65. The highest BCUT2D eigenvalue weighted by Crippen LogP contribution is 2.28. The van der Waals surface area contributed by atoms with Gasteiger partial charge >= 0.3 is 0 Å². The molecule has 0 radical (unpaired) electrons. The number of hydrogen-bond donors (Lipinski definition) is 2. The van der Waals surface area contributed by atoms with E-state index in [-0.39, 0.29) is 11.2 Å². The lowest BCUT2D eigenvalue weighted by Gasteiger charge is -2.10. The smallest absolute Gasteiger partial charge is 0.233 e. The van der Waals surface area contributed by atoms with Gasteiger partial charge in [0, 0.05) is 18.6 Å². The molecule has 1 heterocycles. The van der Waals surface area contributed by atoms with E-state index in [4.69, 9.17) is 11.6 Å². The Morgan fingerprint density at radius 2 is 2.10 bits per heavy atom. The van der Waals surface area contributed by atoms with Crippen molar-refractivity contribution < 1.29 is 4.79 Å². The summed E-state index contributed by atoms with van der Waals surface area (Å²) < 4.78 is 0.772. The molecule has 0 aliphatic heterocycles. The third-order valence-electron chi connectivity index (χ3n) is 2.65. The van der Waals surface area contributed by atoms with Crippen LogP contribution in [0.5, 0.6) is 0 Å². The normalized spacial score (nSPS) is 12.0. The van der Waals surface area contributed by atoms with Crippen LogP contribution in [0.15, 0.2) is 28.6 Å². The number of amides is 1. The Hall–Kier alpha value is -1.31. The van der Waals surface area contributed by atoms with Crippen molar-refractivity contribution in [2.75, 3.05) is 12.4 Å². The SMILES string of the molecule is CNc1nnc(SC(C)C(=O)NCc2ccc(Cl)cc2)s1. The minimum atomic E-state index is -0.227. The van der Waals surface area contributed by atoms with Crippen LogP contribution in [0.1, 0.15) is 12.5 Å². The summed E-state index contributed by atoms with van der Waals surface area (Å²) in [5, 5.41) is 15.0. The summed E-state index contributed by atoms with van der Waals surface area (Å²) in [6.45, 7) is 2.33. The molecule has 1 aromatic carbocycles. The molecule has 2 aromatic rings. The molecular weight excluding hydrogens is 328 g/mol. The number of hydrogen-bond acceptors (Lipinski definition) is 6. The molecule has 0 bridgehead atoms. The molecule has 0 fully saturated rings. The number of rotatable bonds is 6. The summed E-state index contributed by atoms with van der Waals surface area (Å²) in [6, 6.07) is 7.40. The lowest BCUT2D eigenvalue weighted by molar-refractivity contribution is -0.120. The third-order valence-corrected chi connectivity index (χ3v) is 5.02. The van der Waals surface area contributed by atoms with Gasteiger partial charge in [-0.1, -0.05) is 46.8 Å². The van der Waals surface area contributed by atoms with E-state index >= 15 is 0 Å². The monoisotopic (exact) mass is 342 g/mol. The molecule has 0 spiro atoms. The Labute approximate surface area is 136 Å². The summed E-state index contributed by atoms with van der Waals surface area (Å²) in [7, 11) is 1.79. The van der Waals surface area contributed by atoms with Gasteiger partial charge in [0.05, 0.1) is 5.25 Å². The van der Waals surface area contributed by atoms with Gasteiger partial charge in [-0.2, -0.15) is 0 Å². The molecule has 0 aliphatic carbocycles. The molecular formula is C13H15ClN4OS2. The number of halogens is 1. The zero-order valence-electron chi connectivity index (χ0n) is 11.6. The van der Waals surface area contributed by atoms with Gasteiger partial charge in [0.25, 0.3) is 0 Å². The van der Waals surface area contributed by atoms with Crippen LogP contribution in [0, 0.1) is 0 Å². The Bertz CT molecular complexity index is 602. The van der Waals surface area contributed by atoms with Crippen molar-refractivity contribution in [1.29, 1.82) is 0 Å². The molecule has 0 saturated heterocycles. The maximum atomic E-state index is 12.0. The van der Waals surface area contributed by atoms with E-state index < -0.39 is 0 Å². The number of anilines is 1. The van der Waals surface area contributed by atoms with Crippen molar-refractivity contribution in [3.8, 4) is 0 Å². The Kier molecular flexibility index (Phi) is 5.84. The molecule has 0 saturated carbocycles. The first-order valence-corrected chi connectivity index (χ1v) is 8.36. The van der Waals surface area contributed by atoms with Gasteiger partial charge in [-0.25, -0.2) is 0 Å². The maximum Gasteiger partial charge on any atom is 0.233 e.